The highest BCUT2D eigenvalue weighted by molar-refractivity contribution is 5.93. The summed E-state index contributed by atoms with van der Waals surface area (Å²) in [6.45, 7) is 4.61. The Hall–Kier alpha value is -1.06. The third-order valence-corrected chi connectivity index (χ3v) is 2.17. The monoisotopic (exact) mass is 185 g/mol. The zero-order chi connectivity index (χ0) is 9.84. The van der Waals surface area contributed by atoms with Gasteiger partial charge >= 0.3 is 6.09 Å². The van der Waals surface area contributed by atoms with Crippen LogP contribution < -0.4 is 0 Å². The summed E-state index contributed by atoms with van der Waals surface area (Å²) in [7, 11) is 0. The summed E-state index contributed by atoms with van der Waals surface area (Å²) in [5.74, 6) is -0.181. The molecule has 1 heterocycles. The highest BCUT2D eigenvalue weighted by atomic mass is 16.6. The minimum absolute atomic E-state index is 0.0735. The molecule has 0 radical (unpaired) electrons. The second kappa shape index (κ2) is 4.25. The number of ether oxygens (including phenoxy) is 1. The predicted molar refractivity (Wildman–Crippen MR) is 47.1 cm³/mol. The normalized spacial score (nSPS) is 18.6. The average Bonchev–Trinajstić information content (AvgIpc) is 2.50. The lowest BCUT2D eigenvalue weighted by Crippen LogP contribution is -2.35. The molecule has 1 aliphatic heterocycles. The molecular weight excluding hydrogens is 170 g/mol. The molecule has 2 amide bonds. The number of amides is 2. The third-order valence-electron chi connectivity index (χ3n) is 2.17. The van der Waals surface area contributed by atoms with Crippen molar-refractivity contribution in [1.29, 1.82) is 0 Å². The van der Waals surface area contributed by atoms with E-state index in [9.17, 15) is 9.59 Å². The molecule has 0 aliphatic carbocycles. The van der Waals surface area contributed by atoms with E-state index < -0.39 is 6.09 Å². The number of hydrogen-bond acceptors (Lipinski definition) is 3. The molecule has 0 saturated carbocycles. The Morgan fingerprint density at radius 2 is 2.38 bits per heavy atom. The Bertz CT molecular complexity index is 215. The largest absolute Gasteiger partial charge is 0.447 e. The molecule has 74 valence electrons. The molecule has 1 atom stereocenters. The van der Waals surface area contributed by atoms with Gasteiger partial charge in [-0.15, -0.1) is 0 Å². The lowest BCUT2D eigenvalue weighted by atomic mass is 10.1. The van der Waals surface area contributed by atoms with Crippen LogP contribution in [0.3, 0.4) is 0 Å². The Kier molecular flexibility index (Phi) is 3.28. The van der Waals surface area contributed by atoms with E-state index >= 15 is 0 Å². The number of nitrogens with zero attached hydrogens (tertiary/aromatic N) is 1. The van der Waals surface area contributed by atoms with Gasteiger partial charge in [0.25, 0.3) is 0 Å². The molecule has 1 aliphatic rings. The summed E-state index contributed by atoms with van der Waals surface area (Å²) in [6.07, 6.45) is 1.28. The smallest absolute Gasteiger partial charge is 0.416 e. The van der Waals surface area contributed by atoms with Crippen LogP contribution in [0, 0.1) is 5.92 Å². The van der Waals surface area contributed by atoms with Crippen LogP contribution >= 0.6 is 0 Å². The van der Waals surface area contributed by atoms with Crippen LogP contribution in [0.15, 0.2) is 0 Å². The minimum Gasteiger partial charge on any atom is -0.447 e. The van der Waals surface area contributed by atoms with Crippen molar-refractivity contribution in [2.75, 3.05) is 13.2 Å². The maximum absolute atomic E-state index is 11.6. The van der Waals surface area contributed by atoms with Crippen molar-refractivity contribution < 1.29 is 14.3 Å². The van der Waals surface area contributed by atoms with E-state index in [1.54, 1.807) is 0 Å². The fourth-order valence-electron chi connectivity index (χ4n) is 1.42. The van der Waals surface area contributed by atoms with E-state index in [-0.39, 0.29) is 11.8 Å². The van der Waals surface area contributed by atoms with Crippen LogP contribution in [-0.4, -0.2) is 30.1 Å². The van der Waals surface area contributed by atoms with Crippen molar-refractivity contribution in [3.05, 3.63) is 0 Å². The van der Waals surface area contributed by atoms with E-state index in [1.165, 1.54) is 4.90 Å². The first-order valence-electron chi connectivity index (χ1n) is 4.65. The first-order chi connectivity index (χ1) is 6.16. The third kappa shape index (κ3) is 2.20. The lowest BCUT2D eigenvalue weighted by molar-refractivity contribution is -0.131. The SMILES string of the molecule is CCCC(C)C(=O)N1CCOC1=O. The Labute approximate surface area is 77.8 Å². The molecule has 4 heteroatoms. The molecule has 0 spiro atoms. The van der Waals surface area contributed by atoms with Gasteiger partial charge in [0.15, 0.2) is 0 Å². The molecule has 13 heavy (non-hydrogen) atoms. The molecule has 0 bridgehead atoms. The van der Waals surface area contributed by atoms with Crippen LogP contribution in [0.5, 0.6) is 0 Å². The number of carbonyl (C=O) groups is 2. The highest BCUT2D eigenvalue weighted by Crippen LogP contribution is 2.13. The van der Waals surface area contributed by atoms with Crippen LogP contribution in [-0.2, 0) is 9.53 Å². The molecule has 0 N–H and O–H groups in total. The molecule has 1 rings (SSSR count). The van der Waals surface area contributed by atoms with E-state index in [0.717, 1.165) is 12.8 Å². The molecule has 0 aromatic carbocycles. The second-order valence-corrected chi connectivity index (χ2v) is 3.29. The first-order valence-corrected chi connectivity index (χ1v) is 4.65. The quantitative estimate of drug-likeness (QED) is 0.667. The number of rotatable bonds is 3. The van der Waals surface area contributed by atoms with Gasteiger partial charge in [-0.3, -0.25) is 4.79 Å². The fourth-order valence-corrected chi connectivity index (χ4v) is 1.42. The zero-order valence-corrected chi connectivity index (χ0v) is 8.08. The van der Waals surface area contributed by atoms with E-state index in [1.807, 2.05) is 13.8 Å². The standard InChI is InChI=1S/C9H15NO3/c1-3-4-7(2)8(11)10-5-6-13-9(10)12/h7H,3-6H2,1-2H3. The summed E-state index contributed by atoms with van der Waals surface area (Å²) in [5, 5.41) is 0. The van der Waals surface area contributed by atoms with Gasteiger partial charge in [-0.1, -0.05) is 20.3 Å². The lowest BCUT2D eigenvalue weighted by Gasteiger charge is -2.15. The molecule has 4 nitrogen and oxygen atoms in total. The molecule has 1 saturated heterocycles. The minimum atomic E-state index is -0.493. The Morgan fingerprint density at radius 1 is 1.69 bits per heavy atom. The average molecular weight is 185 g/mol. The van der Waals surface area contributed by atoms with Crippen LogP contribution in [0.25, 0.3) is 0 Å². The summed E-state index contributed by atoms with van der Waals surface area (Å²) in [6, 6.07) is 0. The zero-order valence-electron chi connectivity index (χ0n) is 8.08. The van der Waals surface area contributed by atoms with Crippen LogP contribution in [0.1, 0.15) is 26.7 Å². The molecule has 0 aromatic heterocycles. The van der Waals surface area contributed by atoms with Gasteiger partial charge in [0.1, 0.15) is 6.61 Å². The van der Waals surface area contributed by atoms with Crippen molar-refractivity contribution in [2.45, 2.75) is 26.7 Å². The van der Waals surface area contributed by atoms with E-state index in [2.05, 4.69) is 4.74 Å². The van der Waals surface area contributed by atoms with Gasteiger partial charge in [0.2, 0.25) is 5.91 Å². The second-order valence-electron chi connectivity index (χ2n) is 3.29. The molecule has 1 unspecified atom stereocenters. The Balaban J connectivity index is 2.51. The van der Waals surface area contributed by atoms with E-state index in [0.29, 0.717) is 13.2 Å². The molecule has 1 fully saturated rings. The number of cyclic esters (lactones) is 1. The van der Waals surface area contributed by atoms with Gasteiger partial charge in [0.05, 0.1) is 6.54 Å². The highest BCUT2D eigenvalue weighted by Gasteiger charge is 2.30. The van der Waals surface area contributed by atoms with Crippen molar-refractivity contribution in [1.82, 2.24) is 4.90 Å². The number of imide groups is 1. The van der Waals surface area contributed by atoms with Gasteiger partial charge in [-0.05, 0) is 6.42 Å². The van der Waals surface area contributed by atoms with Gasteiger partial charge in [0, 0.05) is 5.92 Å². The maximum Gasteiger partial charge on any atom is 0.416 e. The maximum atomic E-state index is 11.6. The summed E-state index contributed by atoms with van der Waals surface area (Å²) in [4.78, 5) is 23.8. The van der Waals surface area contributed by atoms with Crippen molar-refractivity contribution in [3.8, 4) is 0 Å². The molecular formula is C9H15NO3. The van der Waals surface area contributed by atoms with Crippen LogP contribution in [0.4, 0.5) is 4.79 Å². The summed E-state index contributed by atoms with van der Waals surface area (Å²) >= 11 is 0. The fraction of sp³-hybridized carbons (Fsp3) is 0.778. The van der Waals surface area contributed by atoms with Gasteiger partial charge in [-0.2, -0.15) is 0 Å². The molecule has 0 aromatic rings. The Morgan fingerprint density at radius 3 is 2.85 bits per heavy atom. The number of hydrogen-bond donors (Lipinski definition) is 0. The van der Waals surface area contributed by atoms with Gasteiger partial charge < -0.3 is 4.74 Å². The van der Waals surface area contributed by atoms with E-state index in [4.69, 9.17) is 0 Å². The summed E-state index contributed by atoms with van der Waals surface area (Å²) in [5.41, 5.74) is 0. The number of carbonyl (C=O) groups excluding carboxylic acids is 2. The van der Waals surface area contributed by atoms with Crippen molar-refractivity contribution >= 4 is 12.0 Å². The predicted octanol–water partition coefficient (Wildman–Crippen LogP) is 1.40. The van der Waals surface area contributed by atoms with Crippen molar-refractivity contribution in [3.63, 3.8) is 0 Å². The van der Waals surface area contributed by atoms with Crippen LogP contribution in [0.2, 0.25) is 0 Å². The summed E-state index contributed by atoms with van der Waals surface area (Å²) < 4.78 is 4.68. The van der Waals surface area contributed by atoms with Crippen molar-refractivity contribution in [2.24, 2.45) is 5.92 Å². The first kappa shape index (κ1) is 10.0. The topological polar surface area (TPSA) is 46.6 Å². The van der Waals surface area contributed by atoms with Gasteiger partial charge in [-0.25, -0.2) is 9.69 Å².